The molecule has 1 aromatic rings. The van der Waals surface area contributed by atoms with E-state index in [0.29, 0.717) is 24.4 Å². The average Bonchev–Trinajstić information content (AvgIpc) is 2.63. The van der Waals surface area contributed by atoms with Crippen LogP contribution in [0.4, 0.5) is 5.69 Å². The number of amides is 1. The fraction of sp³-hybridized carbons (Fsp3) is 0.474. The van der Waals surface area contributed by atoms with Gasteiger partial charge in [0.2, 0.25) is 5.91 Å². The highest BCUT2D eigenvalue weighted by Gasteiger charge is 2.14. The van der Waals surface area contributed by atoms with E-state index in [1.165, 1.54) is 19.3 Å². The molecule has 0 aliphatic carbocycles. The number of benzene rings is 1. The van der Waals surface area contributed by atoms with E-state index in [4.69, 9.17) is 4.74 Å². The van der Waals surface area contributed by atoms with Crippen molar-refractivity contribution in [2.24, 2.45) is 0 Å². The number of hydrogen-bond acceptors (Lipinski definition) is 4. The second kappa shape index (κ2) is 12.7. The van der Waals surface area contributed by atoms with Crippen LogP contribution in [0, 0.1) is 0 Å². The number of ether oxygens (including phenoxy) is 1. The summed E-state index contributed by atoms with van der Waals surface area (Å²) in [4.78, 5) is 25.7. The molecule has 1 amide bonds. The first-order valence-corrected chi connectivity index (χ1v) is 9.69. The number of hydrogen-bond donors (Lipinski definition) is 1. The standard InChI is InChI=1S/C16H22N2O3.C3H5Br/c1-2-21-16(20)13-6-8-14(9-7-13)17-15(19)12-18-10-4-3-5-11-18;1-2-3-4/h6-9H,2-5,10-12H2,1H3,(H,17,19);2H,1,3H2. The van der Waals surface area contributed by atoms with Crippen LogP contribution in [0.5, 0.6) is 0 Å². The summed E-state index contributed by atoms with van der Waals surface area (Å²) in [7, 11) is 0. The van der Waals surface area contributed by atoms with Gasteiger partial charge in [0.15, 0.2) is 0 Å². The quantitative estimate of drug-likeness (QED) is 0.439. The lowest BCUT2D eigenvalue weighted by Gasteiger charge is -2.25. The van der Waals surface area contributed by atoms with E-state index in [1.807, 2.05) is 0 Å². The number of piperidine rings is 1. The number of rotatable bonds is 6. The Morgan fingerprint density at radius 3 is 2.36 bits per heavy atom. The number of nitrogens with zero attached hydrogens (tertiary/aromatic N) is 1. The molecule has 2 rings (SSSR count). The summed E-state index contributed by atoms with van der Waals surface area (Å²) in [5.41, 5.74) is 1.19. The minimum Gasteiger partial charge on any atom is -0.462 e. The third kappa shape index (κ3) is 8.84. The van der Waals surface area contributed by atoms with Crippen molar-refractivity contribution in [3.05, 3.63) is 42.5 Å². The highest BCUT2D eigenvalue weighted by molar-refractivity contribution is 9.09. The van der Waals surface area contributed by atoms with E-state index in [9.17, 15) is 9.59 Å². The summed E-state index contributed by atoms with van der Waals surface area (Å²) in [5.74, 6) is -0.357. The van der Waals surface area contributed by atoms with Gasteiger partial charge in [-0.3, -0.25) is 9.69 Å². The van der Waals surface area contributed by atoms with Crippen LogP contribution in [0.25, 0.3) is 0 Å². The first kappa shape index (κ1) is 21.4. The number of halogens is 1. The molecule has 0 aromatic heterocycles. The molecule has 0 saturated carbocycles. The zero-order valence-corrected chi connectivity index (χ0v) is 16.4. The van der Waals surface area contributed by atoms with Crippen LogP contribution in [-0.2, 0) is 9.53 Å². The summed E-state index contributed by atoms with van der Waals surface area (Å²) in [6, 6.07) is 6.77. The summed E-state index contributed by atoms with van der Waals surface area (Å²) in [6.07, 6.45) is 5.39. The van der Waals surface area contributed by atoms with Crippen LogP contribution < -0.4 is 5.32 Å². The van der Waals surface area contributed by atoms with Crippen molar-refractivity contribution < 1.29 is 14.3 Å². The molecule has 0 bridgehead atoms. The Hall–Kier alpha value is -1.66. The van der Waals surface area contributed by atoms with Crippen LogP contribution >= 0.6 is 15.9 Å². The number of anilines is 1. The lowest BCUT2D eigenvalue weighted by atomic mass is 10.1. The second-order valence-corrected chi connectivity index (χ2v) is 6.27. The molecule has 1 saturated heterocycles. The van der Waals surface area contributed by atoms with Crippen molar-refractivity contribution in [2.75, 3.05) is 36.9 Å². The molecular weight excluding hydrogens is 384 g/mol. The Balaban J connectivity index is 0.000000705. The van der Waals surface area contributed by atoms with Crippen LogP contribution in [0.15, 0.2) is 36.9 Å². The predicted molar refractivity (Wildman–Crippen MR) is 105 cm³/mol. The Labute approximate surface area is 158 Å². The fourth-order valence-corrected chi connectivity index (χ4v) is 2.43. The molecule has 0 atom stereocenters. The highest BCUT2D eigenvalue weighted by atomic mass is 79.9. The van der Waals surface area contributed by atoms with Crippen molar-refractivity contribution in [1.82, 2.24) is 4.90 Å². The van der Waals surface area contributed by atoms with Gasteiger partial charge < -0.3 is 10.1 Å². The summed E-state index contributed by atoms with van der Waals surface area (Å²) in [5, 5.41) is 3.75. The van der Waals surface area contributed by atoms with Gasteiger partial charge in [-0.15, -0.1) is 6.58 Å². The molecule has 1 aliphatic rings. The van der Waals surface area contributed by atoms with E-state index in [-0.39, 0.29) is 11.9 Å². The number of nitrogens with one attached hydrogen (secondary N) is 1. The van der Waals surface area contributed by atoms with Crippen molar-refractivity contribution >= 4 is 33.5 Å². The lowest BCUT2D eigenvalue weighted by molar-refractivity contribution is -0.117. The minimum atomic E-state index is -0.344. The maximum Gasteiger partial charge on any atom is 0.338 e. The third-order valence-corrected chi connectivity index (χ3v) is 4.06. The molecule has 5 nitrogen and oxygen atoms in total. The summed E-state index contributed by atoms with van der Waals surface area (Å²) in [6.45, 7) is 7.98. The molecule has 0 radical (unpaired) electrons. The van der Waals surface area contributed by atoms with Gasteiger partial charge in [-0.25, -0.2) is 4.79 Å². The number of carbonyl (C=O) groups excluding carboxylic acids is 2. The van der Waals surface area contributed by atoms with E-state index in [1.54, 1.807) is 37.3 Å². The lowest BCUT2D eigenvalue weighted by Crippen LogP contribution is -2.36. The normalized spacial score (nSPS) is 14.0. The summed E-state index contributed by atoms with van der Waals surface area (Å²) >= 11 is 3.13. The number of esters is 1. The Kier molecular flexibility index (Phi) is 10.8. The van der Waals surface area contributed by atoms with Gasteiger partial charge >= 0.3 is 5.97 Å². The first-order chi connectivity index (χ1) is 12.1. The van der Waals surface area contributed by atoms with Crippen LogP contribution in [-0.4, -0.2) is 48.3 Å². The highest BCUT2D eigenvalue weighted by Crippen LogP contribution is 2.12. The zero-order valence-electron chi connectivity index (χ0n) is 14.8. The van der Waals surface area contributed by atoms with Gasteiger partial charge in [0.25, 0.3) is 0 Å². The smallest absolute Gasteiger partial charge is 0.338 e. The maximum atomic E-state index is 12.0. The molecule has 6 heteroatoms. The molecule has 0 unspecified atom stereocenters. The molecule has 138 valence electrons. The zero-order chi connectivity index (χ0) is 18.5. The van der Waals surface area contributed by atoms with E-state index in [0.717, 1.165) is 18.4 Å². The van der Waals surface area contributed by atoms with Gasteiger partial charge in [-0.1, -0.05) is 28.4 Å². The van der Waals surface area contributed by atoms with E-state index >= 15 is 0 Å². The topological polar surface area (TPSA) is 58.6 Å². The number of allylic oxidation sites excluding steroid dienone is 1. The molecule has 1 aliphatic heterocycles. The molecule has 25 heavy (non-hydrogen) atoms. The van der Waals surface area contributed by atoms with Crippen molar-refractivity contribution in [2.45, 2.75) is 26.2 Å². The maximum absolute atomic E-state index is 12.0. The minimum absolute atomic E-state index is 0.0132. The van der Waals surface area contributed by atoms with Crippen LogP contribution in [0.1, 0.15) is 36.5 Å². The van der Waals surface area contributed by atoms with E-state index < -0.39 is 0 Å². The molecular formula is C19H27BrN2O3. The van der Waals surface area contributed by atoms with Crippen LogP contribution in [0.2, 0.25) is 0 Å². The third-order valence-electron chi connectivity index (χ3n) is 3.60. The van der Waals surface area contributed by atoms with Crippen LogP contribution in [0.3, 0.4) is 0 Å². The Bertz CT molecular complexity index is 540. The van der Waals surface area contributed by atoms with Gasteiger partial charge in [0, 0.05) is 11.0 Å². The van der Waals surface area contributed by atoms with Gasteiger partial charge in [-0.2, -0.15) is 0 Å². The molecule has 1 aromatic carbocycles. The predicted octanol–water partition coefficient (Wildman–Crippen LogP) is 3.86. The SMILES string of the molecule is C=CCBr.CCOC(=O)c1ccc(NC(=O)CN2CCCCC2)cc1. The van der Waals surface area contributed by atoms with Crippen molar-refractivity contribution in [3.8, 4) is 0 Å². The van der Waals surface area contributed by atoms with Gasteiger partial charge in [0.1, 0.15) is 0 Å². The monoisotopic (exact) mass is 410 g/mol. The molecule has 1 heterocycles. The van der Waals surface area contributed by atoms with Gasteiger partial charge in [0.05, 0.1) is 18.7 Å². The number of alkyl halides is 1. The number of likely N-dealkylation sites (tertiary alicyclic amines) is 1. The first-order valence-electron chi connectivity index (χ1n) is 8.57. The number of carbonyl (C=O) groups is 2. The molecule has 0 spiro atoms. The largest absolute Gasteiger partial charge is 0.462 e. The molecule has 1 N–H and O–H groups in total. The van der Waals surface area contributed by atoms with Crippen molar-refractivity contribution in [3.63, 3.8) is 0 Å². The fourth-order valence-electron chi connectivity index (χ4n) is 2.43. The Morgan fingerprint density at radius 1 is 1.24 bits per heavy atom. The summed E-state index contributed by atoms with van der Waals surface area (Å²) < 4.78 is 4.92. The molecule has 1 fully saturated rings. The van der Waals surface area contributed by atoms with Crippen molar-refractivity contribution in [1.29, 1.82) is 0 Å². The van der Waals surface area contributed by atoms with E-state index in [2.05, 4.69) is 32.7 Å². The average molecular weight is 411 g/mol. The van der Waals surface area contributed by atoms with Gasteiger partial charge in [-0.05, 0) is 57.1 Å². The Morgan fingerprint density at radius 2 is 1.84 bits per heavy atom. The second-order valence-electron chi connectivity index (χ2n) is 5.63.